The molecule has 0 aromatic heterocycles. The van der Waals surface area contributed by atoms with Gasteiger partial charge in [-0.25, -0.2) is 4.79 Å². The molecule has 0 fully saturated rings. The van der Waals surface area contributed by atoms with Gasteiger partial charge in [-0.1, -0.05) is 33.1 Å². The normalized spacial score (nSPS) is 10.7. The quantitative estimate of drug-likeness (QED) is 0.499. The van der Waals surface area contributed by atoms with Gasteiger partial charge in [-0.2, -0.15) is 0 Å². The van der Waals surface area contributed by atoms with Gasteiger partial charge < -0.3 is 15.3 Å². The third-order valence-corrected chi connectivity index (χ3v) is 3.52. The van der Waals surface area contributed by atoms with Crippen molar-refractivity contribution in [1.82, 2.24) is 0 Å². The minimum absolute atomic E-state index is 0.132. The van der Waals surface area contributed by atoms with Gasteiger partial charge in [0.2, 0.25) is 0 Å². The molecule has 1 aromatic rings. The Kier molecular flexibility index (Phi) is 6.36. The highest BCUT2D eigenvalue weighted by Crippen LogP contribution is 2.35. The summed E-state index contributed by atoms with van der Waals surface area (Å²) >= 11 is 0. The minimum Gasteiger partial charge on any atom is -0.504 e. The predicted molar refractivity (Wildman–Crippen MR) is 78.6 cm³/mol. The number of phenolic OH excluding ortho intramolecular Hbond substituents is 1. The highest BCUT2D eigenvalue weighted by atomic mass is 16.4. The van der Waals surface area contributed by atoms with E-state index in [1.807, 2.05) is 0 Å². The van der Waals surface area contributed by atoms with E-state index in [0.29, 0.717) is 12.0 Å². The summed E-state index contributed by atoms with van der Waals surface area (Å²) in [5.41, 5.74) is 1.39. The Hall–Kier alpha value is -1.71. The molecule has 0 saturated carbocycles. The van der Waals surface area contributed by atoms with Crippen LogP contribution in [0.5, 0.6) is 11.5 Å². The van der Waals surface area contributed by atoms with Gasteiger partial charge >= 0.3 is 5.97 Å². The molecule has 0 amide bonds. The van der Waals surface area contributed by atoms with Crippen LogP contribution in [0.2, 0.25) is 0 Å². The summed E-state index contributed by atoms with van der Waals surface area (Å²) in [5, 5.41) is 28.8. The first kappa shape index (κ1) is 16.3. The number of aryl methyl sites for hydroxylation is 1. The maximum atomic E-state index is 11.4. The number of phenols is 2. The van der Waals surface area contributed by atoms with Crippen LogP contribution in [0.15, 0.2) is 6.07 Å². The molecule has 0 bridgehead atoms. The summed E-state index contributed by atoms with van der Waals surface area (Å²) in [6.45, 7) is 4.15. The Morgan fingerprint density at radius 1 is 1.05 bits per heavy atom. The van der Waals surface area contributed by atoms with Crippen molar-refractivity contribution in [3.63, 3.8) is 0 Å². The molecule has 112 valence electrons. The molecule has 0 aliphatic heterocycles. The van der Waals surface area contributed by atoms with E-state index in [1.165, 1.54) is 6.07 Å². The third kappa shape index (κ3) is 3.89. The molecule has 0 heterocycles. The van der Waals surface area contributed by atoms with Crippen LogP contribution in [0.3, 0.4) is 0 Å². The van der Waals surface area contributed by atoms with E-state index in [0.717, 1.165) is 44.1 Å². The molecule has 0 radical (unpaired) electrons. The van der Waals surface area contributed by atoms with Gasteiger partial charge in [0.25, 0.3) is 0 Å². The summed E-state index contributed by atoms with van der Waals surface area (Å²) in [6, 6.07) is 1.51. The fraction of sp³-hybridized carbons (Fsp3) is 0.562. The zero-order chi connectivity index (χ0) is 15.1. The van der Waals surface area contributed by atoms with E-state index < -0.39 is 11.7 Å². The van der Waals surface area contributed by atoms with Crippen LogP contribution in [0.4, 0.5) is 0 Å². The topological polar surface area (TPSA) is 77.8 Å². The van der Waals surface area contributed by atoms with Crippen molar-refractivity contribution >= 4 is 5.97 Å². The molecule has 1 aromatic carbocycles. The first-order valence-electron chi connectivity index (χ1n) is 7.32. The van der Waals surface area contributed by atoms with Crippen molar-refractivity contribution in [2.75, 3.05) is 0 Å². The number of rotatable bonds is 8. The second-order valence-electron chi connectivity index (χ2n) is 5.12. The minimum atomic E-state index is -1.18. The lowest BCUT2D eigenvalue weighted by Gasteiger charge is -2.15. The standard InChI is InChI=1S/C16H24O4/c1-3-5-7-9-12-11(8-6-4-2)10-13(17)15(18)14(12)16(19)20/h10,17-18H,3-9H2,1-2H3,(H,19,20). The number of aromatic carboxylic acids is 1. The van der Waals surface area contributed by atoms with Crippen LogP contribution in [0.1, 0.15) is 67.4 Å². The van der Waals surface area contributed by atoms with Crippen LogP contribution in [0.25, 0.3) is 0 Å². The monoisotopic (exact) mass is 280 g/mol. The fourth-order valence-corrected chi connectivity index (χ4v) is 2.41. The third-order valence-electron chi connectivity index (χ3n) is 3.52. The van der Waals surface area contributed by atoms with Crippen molar-refractivity contribution in [2.24, 2.45) is 0 Å². The van der Waals surface area contributed by atoms with Crippen LogP contribution in [-0.4, -0.2) is 21.3 Å². The molecular weight excluding hydrogens is 256 g/mol. The number of carbonyl (C=O) groups is 1. The fourth-order valence-electron chi connectivity index (χ4n) is 2.41. The smallest absolute Gasteiger partial charge is 0.339 e. The van der Waals surface area contributed by atoms with E-state index in [2.05, 4.69) is 13.8 Å². The number of benzene rings is 1. The second-order valence-corrected chi connectivity index (χ2v) is 5.12. The Balaban J connectivity index is 3.22. The zero-order valence-corrected chi connectivity index (χ0v) is 12.3. The zero-order valence-electron chi connectivity index (χ0n) is 12.3. The maximum Gasteiger partial charge on any atom is 0.339 e. The van der Waals surface area contributed by atoms with Crippen molar-refractivity contribution < 1.29 is 20.1 Å². The first-order chi connectivity index (χ1) is 9.52. The summed E-state index contributed by atoms with van der Waals surface area (Å²) in [7, 11) is 0. The summed E-state index contributed by atoms with van der Waals surface area (Å²) < 4.78 is 0. The van der Waals surface area contributed by atoms with Crippen molar-refractivity contribution in [3.8, 4) is 11.5 Å². The van der Waals surface area contributed by atoms with Crippen LogP contribution >= 0.6 is 0 Å². The average Bonchev–Trinajstić information content (AvgIpc) is 2.40. The number of hydrogen-bond acceptors (Lipinski definition) is 3. The molecule has 4 nitrogen and oxygen atoms in total. The number of aromatic hydroxyl groups is 2. The molecule has 0 unspecified atom stereocenters. The lowest BCUT2D eigenvalue weighted by Crippen LogP contribution is -2.07. The molecule has 20 heavy (non-hydrogen) atoms. The van der Waals surface area contributed by atoms with E-state index in [9.17, 15) is 20.1 Å². The first-order valence-corrected chi connectivity index (χ1v) is 7.32. The van der Waals surface area contributed by atoms with Gasteiger partial charge in [-0.15, -0.1) is 0 Å². The highest BCUT2D eigenvalue weighted by molar-refractivity contribution is 5.94. The lowest BCUT2D eigenvalue weighted by molar-refractivity contribution is 0.0691. The summed E-state index contributed by atoms with van der Waals surface area (Å²) in [5.74, 6) is -2.03. The Morgan fingerprint density at radius 2 is 1.70 bits per heavy atom. The maximum absolute atomic E-state index is 11.4. The summed E-state index contributed by atoms with van der Waals surface area (Å²) in [4.78, 5) is 11.4. The number of hydrogen-bond donors (Lipinski definition) is 3. The van der Waals surface area contributed by atoms with Gasteiger partial charge in [0.05, 0.1) is 0 Å². The van der Waals surface area contributed by atoms with Gasteiger partial charge in [0.15, 0.2) is 11.5 Å². The molecule has 1 rings (SSSR count). The van der Waals surface area contributed by atoms with E-state index in [-0.39, 0.29) is 11.3 Å². The molecule has 3 N–H and O–H groups in total. The average molecular weight is 280 g/mol. The molecular formula is C16H24O4. The Morgan fingerprint density at radius 3 is 2.25 bits per heavy atom. The Labute approximate surface area is 120 Å². The van der Waals surface area contributed by atoms with Crippen molar-refractivity contribution in [2.45, 2.75) is 58.8 Å². The predicted octanol–water partition coefficient (Wildman–Crippen LogP) is 3.87. The SMILES string of the molecule is CCCCCc1c(CCCC)cc(O)c(O)c1C(=O)O. The molecule has 0 spiro atoms. The number of carboxylic acid groups (broad SMARTS) is 1. The van der Waals surface area contributed by atoms with Crippen LogP contribution < -0.4 is 0 Å². The number of carboxylic acids is 1. The molecule has 0 saturated heterocycles. The highest BCUT2D eigenvalue weighted by Gasteiger charge is 2.22. The molecule has 4 heteroatoms. The largest absolute Gasteiger partial charge is 0.504 e. The van der Waals surface area contributed by atoms with Crippen molar-refractivity contribution in [1.29, 1.82) is 0 Å². The second kappa shape index (κ2) is 7.78. The molecule has 0 atom stereocenters. The van der Waals surface area contributed by atoms with Gasteiger partial charge in [-0.3, -0.25) is 0 Å². The van der Waals surface area contributed by atoms with Gasteiger partial charge in [-0.05, 0) is 42.9 Å². The lowest BCUT2D eigenvalue weighted by atomic mass is 9.92. The van der Waals surface area contributed by atoms with E-state index in [4.69, 9.17) is 0 Å². The van der Waals surface area contributed by atoms with E-state index >= 15 is 0 Å². The molecule has 0 aliphatic rings. The van der Waals surface area contributed by atoms with E-state index in [1.54, 1.807) is 0 Å². The number of unbranched alkanes of at least 4 members (excludes halogenated alkanes) is 3. The molecule has 0 aliphatic carbocycles. The van der Waals surface area contributed by atoms with Gasteiger partial charge in [0, 0.05) is 0 Å². The summed E-state index contributed by atoms with van der Waals surface area (Å²) in [6.07, 6.45) is 6.25. The van der Waals surface area contributed by atoms with Gasteiger partial charge in [0.1, 0.15) is 5.56 Å². The van der Waals surface area contributed by atoms with Crippen LogP contribution in [-0.2, 0) is 12.8 Å². The van der Waals surface area contributed by atoms with Crippen molar-refractivity contribution in [3.05, 3.63) is 22.8 Å². The Bertz CT molecular complexity index is 466. The van der Waals surface area contributed by atoms with Crippen LogP contribution in [0, 0.1) is 0 Å².